The van der Waals surface area contributed by atoms with Crippen LogP contribution >= 0.6 is 0 Å². The Morgan fingerprint density at radius 2 is 1.65 bits per heavy atom. The molecule has 3 aromatic rings. The predicted molar refractivity (Wildman–Crippen MR) is 109 cm³/mol. The lowest BCUT2D eigenvalue weighted by molar-refractivity contribution is -0.137. The lowest BCUT2D eigenvalue weighted by Crippen LogP contribution is -2.16. The van der Waals surface area contributed by atoms with Crippen molar-refractivity contribution in [3.63, 3.8) is 0 Å². The van der Waals surface area contributed by atoms with Gasteiger partial charge in [0, 0.05) is 31.4 Å². The number of hydrogen-bond donors (Lipinski definition) is 2. The summed E-state index contributed by atoms with van der Waals surface area (Å²) < 4.78 is 39.6. The highest BCUT2D eigenvalue weighted by molar-refractivity contribution is 5.83. The number of aromatic amines is 1. The van der Waals surface area contributed by atoms with Gasteiger partial charge in [-0.25, -0.2) is 4.98 Å². The SMILES string of the molecule is CN(C)c1ncc(C(F)(F)F)cc1-c1ccc(-c2c(C#N)c(N)[nH]c(=O)c2C#N)cc1. The molecule has 0 unspecified atom stereocenters. The Bertz CT molecular complexity index is 1300. The van der Waals surface area contributed by atoms with Crippen LogP contribution in [0.5, 0.6) is 0 Å². The van der Waals surface area contributed by atoms with Crippen LogP contribution in [0.4, 0.5) is 24.8 Å². The number of nitriles is 2. The van der Waals surface area contributed by atoms with Crippen LogP contribution in [0.15, 0.2) is 41.3 Å². The molecule has 3 N–H and O–H groups in total. The Kier molecular flexibility index (Phi) is 5.41. The van der Waals surface area contributed by atoms with Crippen LogP contribution in [0.1, 0.15) is 16.7 Å². The van der Waals surface area contributed by atoms with Crippen LogP contribution in [-0.2, 0) is 6.18 Å². The first-order chi connectivity index (χ1) is 14.6. The highest BCUT2D eigenvalue weighted by atomic mass is 19.4. The van der Waals surface area contributed by atoms with Crippen molar-refractivity contribution < 1.29 is 13.2 Å². The van der Waals surface area contributed by atoms with Gasteiger partial charge in [0.25, 0.3) is 5.56 Å². The van der Waals surface area contributed by atoms with Gasteiger partial charge in [-0.15, -0.1) is 0 Å². The molecule has 0 aliphatic carbocycles. The van der Waals surface area contributed by atoms with Crippen LogP contribution in [0, 0.1) is 22.7 Å². The summed E-state index contributed by atoms with van der Waals surface area (Å²) in [6.45, 7) is 0. The Hall–Kier alpha value is -4.31. The van der Waals surface area contributed by atoms with Crippen molar-refractivity contribution in [1.29, 1.82) is 10.5 Å². The van der Waals surface area contributed by atoms with Crippen molar-refractivity contribution in [2.45, 2.75) is 6.18 Å². The zero-order chi connectivity index (χ0) is 22.9. The molecule has 31 heavy (non-hydrogen) atoms. The molecule has 7 nitrogen and oxygen atoms in total. The second-order valence-corrected chi connectivity index (χ2v) is 6.78. The average molecular weight is 424 g/mol. The molecule has 0 spiro atoms. The van der Waals surface area contributed by atoms with Gasteiger partial charge in [-0.05, 0) is 17.2 Å². The summed E-state index contributed by atoms with van der Waals surface area (Å²) in [6.07, 6.45) is -3.79. The van der Waals surface area contributed by atoms with E-state index in [4.69, 9.17) is 5.73 Å². The molecule has 0 atom stereocenters. The smallest absolute Gasteiger partial charge is 0.384 e. The number of alkyl halides is 3. The van der Waals surface area contributed by atoms with E-state index < -0.39 is 17.3 Å². The summed E-state index contributed by atoms with van der Waals surface area (Å²) >= 11 is 0. The maximum atomic E-state index is 13.2. The molecule has 0 saturated carbocycles. The highest BCUT2D eigenvalue weighted by Crippen LogP contribution is 2.37. The summed E-state index contributed by atoms with van der Waals surface area (Å²) in [6, 6.07) is 10.7. The number of pyridine rings is 2. The van der Waals surface area contributed by atoms with Crippen LogP contribution in [0.25, 0.3) is 22.3 Å². The van der Waals surface area contributed by atoms with E-state index in [2.05, 4.69) is 9.97 Å². The maximum Gasteiger partial charge on any atom is 0.417 e. The van der Waals surface area contributed by atoms with Gasteiger partial charge in [-0.1, -0.05) is 24.3 Å². The fourth-order valence-electron chi connectivity index (χ4n) is 3.13. The number of hydrogen-bond acceptors (Lipinski definition) is 6. The van der Waals surface area contributed by atoms with E-state index in [0.717, 1.165) is 12.3 Å². The van der Waals surface area contributed by atoms with Crippen molar-refractivity contribution in [2.75, 3.05) is 24.7 Å². The molecule has 0 radical (unpaired) electrons. The Morgan fingerprint density at radius 1 is 1.06 bits per heavy atom. The van der Waals surface area contributed by atoms with Crippen molar-refractivity contribution in [1.82, 2.24) is 9.97 Å². The molecule has 0 aliphatic rings. The number of nitrogen functional groups attached to an aromatic ring is 1. The molecule has 0 aliphatic heterocycles. The lowest BCUT2D eigenvalue weighted by Gasteiger charge is -2.18. The second-order valence-electron chi connectivity index (χ2n) is 6.78. The van der Waals surface area contributed by atoms with E-state index in [9.17, 15) is 28.5 Å². The van der Waals surface area contributed by atoms with Gasteiger partial charge in [-0.3, -0.25) is 4.79 Å². The third-order valence-electron chi connectivity index (χ3n) is 4.57. The van der Waals surface area contributed by atoms with Crippen molar-refractivity contribution in [3.05, 3.63) is 63.6 Å². The molecular weight excluding hydrogens is 409 g/mol. The molecule has 156 valence electrons. The number of halogens is 3. The van der Waals surface area contributed by atoms with Crippen LogP contribution in [0.2, 0.25) is 0 Å². The second kappa shape index (κ2) is 7.84. The Labute approximate surface area is 174 Å². The largest absolute Gasteiger partial charge is 0.417 e. The number of anilines is 2. The van der Waals surface area contributed by atoms with Gasteiger partial charge in [0.1, 0.15) is 34.9 Å². The first-order valence-corrected chi connectivity index (χ1v) is 8.79. The zero-order valence-corrected chi connectivity index (χ0v) is 16.4. The fraction of sp³-hybridized carbons (Fsp3) is 0.143. The number of benzene rings is 1. The zero-order valence-electron chi connectivity index (χ0n) is 16.4. The third kappa shape index (κ3) is 3.91. The number of nitrogens with two attached hydrogens (primary N) is 1. The van der Waals surface area contributed by atoms with E-state index >= 15 is 0 Å². The molecule has 0 fully saturated rings. The van der Waals surface area contributed by atoms with Gasteiger partial charge in [0.2, 0.25) is 0 Å². The van der Waals surface area contributed by atoms with Gasteiger partial charge in [-0.2, -0.15) is 23.7 Å². The Balaban J connectivity index is 2.20. The minimum atomic E-state index is -4.56. The van der Waals surface area contributed by atoms with Crippen molar-refractivity contribution in [3.8, 4) is 34.4 Å². The normalized spacial score (nSPS) is 10.9. The van der Waals surface area contributed by atoms with Gasteiger partial charge < -0.3 is 15.6 Å². The topological polar surface area (TPSA) is 123 Å². The quantitative estimate of drug-likeness (QED) is 0.663. The molecule has 3 rings (SSSR count). The van der Waals surface area contributed by atoms with Crippen molar-refractivity contribution in [2.24, 2.45) is 0 Å². The number of rotatable bonds is 3. The van der Waals surface area contributed by atoms with E-state index in [1.165, 1.54) is 24.3 Å². The number of H-pyrrole nitrogens is 1. The summed E-state index contributed by atoms with van der Waals surface area (Å²) in [5.41, 5.74) is 4.82. The summed E-state index contributed by atoms with van der Waals surface area (Å²) in [5.74, 6) is 0.152. The van der Waals surface area contributed by atoms with Gasteiger partial charge in [0.05, 0.1) is 5.56 Å². The molecule has 1 aromatic carbocycles. The number of nitrogens with one attached hydrogen (secondary N) is 1. The number of nitrogens with zero attached hydrogens (tertiary/aromatic N) is 4. The Morgan fingerprint density at radius 3 is 2.16 bits per heavy atom. The maximum absolute atomic E-state index is 13.2. The standard InChI is InChI=1S/C21H15F3N6O/c1-30(2)19-14(7-13(10-28-19)21(22,23)24)11-3-5-12(6-4-11)17-15(8-25)18(27)29-20(31)16(17)9-26/h3-7,10H,1-2H3,(H3,27,29,31). The molecular formula is C21H15F3N6O. The first-order valence-electron chi connectivity index (χ1n) is 8.79. The van der Waals surface area contributed by atoms with E-state index in [1.807, 2.05) is 6.07 Å². The fourth-order valence-corrected chi connectivity index (χ4v) is 3.13. The minimum absolute atomic E-state index is 0.0628. The molecule has 0 amide bonds. The van der Waals surface area contributed by atoms with Crippen LogP contribution in [0.3, 0.4) is 0 Å². The molecule has 0 saturated heterocycles. The van der Waals surface area contributed by atoms with E-state index in [1.54, 1.807) is 25.1 Å². The van der Waals surface area contributed by atoms with E-state index in [-0.39, 0.29) is 28.1 Å². The number of aromatic nitrogens is 2. The third-order valence-corrected chi connectivity index (χ3v) is 4.57. The highest BCUT2D eigenvalue weighted by Gasteiger charge is 2.32. The van der Waals surface area contributed by atoms with Crippen molar-refractivity contribution >= 4 is 11.6 Å². The first kappa shape index (κ1) is 21.4. The molecule has 2 heterocycles. The minimum Gasteiger partial charge on any atom is -0.384 e. The monoisotopic (exact) mass is 424 g/mol. The summed E-state index contributed by atoms with van der Waals surface area (Å²) in [5, 5.41) is 18.8. The molecule has 10 heteroatoms. The van der Waals surface area contributed by atoms with Crippen LogP contribution < -0.4 is 16.2 Å². The van der Waals surface area contributed by atoms with E-state index in [0.29, 0.717) is 16.9 Å². The van der Waals surface area contributed by atoms with Gasteiger partial charge in [0.15, 0.2) is 0 Å². The van der Waals surface area contributed by atoms with Crippen LogP contribution in [-0.4, -0.2) is 24.1 Å². The average Bonchev–Trinajstić information content (AvgIpc) is 2.72. The molecule has 0 bridgehead atoms. The molecule has 2 aromatic heterocycles. The predicted octanol–water partition coefficient (Wildman–Crippen LogP) is 3.51. The summed E-state index contributed by atoms with van der Waals surface area (Å²) in [4.78, 5) is 19.9. The summed E-state index contributed by atoms with van der Waals surface area (Å²) in [7, 11) is 3.32. The lowest BCUT2D eigenvalue weighted by atomic mass is 9.94. The van der Waals surface area contributed by atoms with Gasteiger partial charge >= 0.3 is 6.18 Å².